The standard InChI is InChI=1S/C11H16N2O2S/c1-2-15-8-6-9(11(12)14)16-10-5-3-4-7-13-10/h3-5,7,9H,2,6,8H2,1H3,(H2,12,14). The number of carbonyl (C=O) groups is 1. The van der Waals surface area contributed by atoms with E-state index in [0.717, 1.165) is 5.03 Å². The minimum Gasteiger partial charge on any atom is -0.382 e. The van der Waals surface area contributed by atoms with Crippen LogP contribution in [0.3, 0.4) is 0 Å². The Morgan fingerprint density at radius 1 is 1.62 bits per heavy atom. The first-order valence-electron chi connectivity index (χ1n) is 5.18. The Hall–Kier alpha value is -1.07. The molecule has 16 heavy (non-hydrogen) atoms. The van der Waals surface area contributed by atoms with Crippen molar-refractivity contribution in [3.63, 3.8) is 0 Å². The van der Waals surface area contributed by atoms with Gasteiger partial charge in [-0.25, -0.2) is 4.98 Å². The lowest BCUT2D eigenvalue weighted by atomic mass is 10.3. The van der Waals surface area contributed by atoms with Crippen LogP contribution in [0.1, 0.15) is 13.3 Å². The fourth-order valence-electron chi connectivity index (χ4n) is 1.16. The quantitative estimate of drug-likeness (QED) is 0.579. The van der Waals surface area contributed by atoms with Crippen molar-refractivity contribution in [3.8, 4) is 0 Å². The average molecular weight is 240 g/mol. The molecule has 0 saturated heterocycles. The molecule has 0 aliphatic carbocycles. The van der Waals surface area contributed by atoms with Crippen molar-refractivity contribution >= 4 is 17.7 Å². The summed E-state index contributed by atoms with van der Waals surface area (Å²) in [7, 11) is 0. The van der Waals surface area contributed by atoms with Gasteiger partial charge in [0.05, 0.1) is 10.3 Å². The maximum atomic E-state index is 11.2. The van der Waals surface area contributed by atoms with Crippen molar-refractivity contribution in [1.29, 1.82) is 0 Å². The number of pyridine rings is 1. The van der Waals surface area contributed by atoms with Crippen LogP contribution in [0, 0.1) is 0 Å². The molecule has 2 N–H and O–H groups in total. The van der Waals surface area contributed by atoms with Gasteiger partial charge in [-0.15, -0.1) is 0 Å². The van der Waals surface area contributed by atoms with Crippen LogP contribution in [0.5, 0.6) is 0 Å². The van der Waals surface area contributed by atoms with E-state index >= 15 is 0 Å². The second-order valence-corrected chi connectivity index (χ2v) is 4.39. The Balaban J connectivity index is 2.48. The van der Waals surface area contributed by atoms with Crippen LogP contribution in [-0.2, 0) is 9.53 Å². The summed E-state index contributed by atoms with van der Waals surface area (Å²) in [5, 5.41) is 0.532. The molecule has 0 spiro atoms. The summed E-state index contributed by atoms with van der Waals surface area (Å²) in [5.74, 6) is -0.324. The Bertz CT molecular complexity index is 319. The zero-order chi connectivity index (χ0) is 11.8. The lowest BCUT2D eigenvalue weighted by Gasteiger charge is -2.11. The molecule has 1 aromatic rings. The van der Waals surface area contributed by atoms with E-state index in [-0.39, 0.29) is 11.2 Å². The fourth-order valence-corrected chi connectivity index (χ4v) is 2.06. The SMILES string of the molecule is CCOCCC(Sc1ccccn1)C(N)=O. The summed E-state index contributed by atoms with van der Waals surface area (Å²) in [5.41, 5.74) is 5.32. The Labute approximate surface area is 99.6 Å². The molecule has 4 nitrogen and oxygen atoms in total. The van der Waals surface area contributed by atoms with Gasteiger partial charge in [-0.05, 0) is 25.5 Å². The molecule has 0 saturated carbocycles. The molecule has 1 amide bonds. The summed E-state index contributed by atoms with van der Waals surface area (Å²) in [6, 6.07) is 5.58. The van der Waals surface area contributed by atoms with Gasteiger partial charge in [-0.2, -0.15) is 0 Å². The minimum atomic E-state index is -0.324. The van der Waals surface area contributed by atoms with E-state index in [1.54, 1.807) is 6.20 Å². The second kappa shape index (κ2) is 7.24. The third-order valence-electron chi connectivity index (χ3n) is 1.95. The van der Waals surface area contributed by atoms with Crippen molar-refractivity contribution < 1.29 is 9.53 Å². The van der Waals surface area contributed by atoms with Crippen molar-refractivity contribution in [2.75, 3.05) is 13.2 Å². The molecule has 0 radical (unpaired) electrons. The molecule has 0 aliphatic rings. The largest absolute Gasteiger partial charge is 0.382 e. The first kappa shape index (κ1) is 13.0. The van der Waals surface area contributed by atoms with Crippen molar-refractivity contribution in [2.45, 2.75) is 23.6 Å². The van der Waals surface area contributed by atoms with Gasteiger partial charge in [0.2, 0.25) is 5.91 Å². The van der Waals surface area contributed by atoms with Crippen LogP contribution >= 0.6 is 11.8 Å². The highest BCUT2D eigenvalue weighted by molar-refractivity contribution is 8.00. The number of nitrogens with zero attached hydrogens (tertiary/aromatic N) is 1. The van der Waals surface area contributed by atoms with Crippen LogP contribution in [-0.4, -0.2) is 29.4 Å². The van der Waals surface area contributed by atoms with Crippen molar-refractivity contribution in [2.24, 2.45) is 5.73 Å². The predicted octanol–water partition coefficient (Wildman–Crippen LogP) is 1.45. The number of thioether (sulfide) groups is 1. The third-order valence-corrected chi connectivity index (χ3v) is 3.18. The summed E-state index contributed by atoms with van der Waals surface area (Å²) in [6.45, 7) is 3.12. The van der Waals surface area contributed by atoms with E-state index in [2.05, 4.69) is 4.98 Å². The van der Waals surface area contributed by atoms with Gasteiger partial charge in [0.15, 0.2) is 0 Å². The molecule has 1 rings (SSSR count). The number of amides is 1. The highest BCUT2D eigenvalue weighted by Crippen LogP contribution is 2.22. The Kier molecular flexibility index (Phi) is 5.88. The molecule has 1 atom stereocenters. The number of nitrogens with two attached hydrogens (primary N) is 1. The molecule has 0 aromatic carbocycles. The summed E-state index contributed by atoms with van der Waals surface area (Å²) >= 11 is 1.38. The Morgan fingerprint density at radius 3 is 3.00 bits per heavy atom. The zero-order valence-electron chi connectivity index (χ0n) is 9.26. The lowest BCUT2D eigenvalue weighted by molar-refractivity contribution is -0.117. The number of rotatable bonds is 7. The molecule has 1 aromatic heterocycles. The monoisotopic (exact) mass is 240 g/mol. The number of aromatic nitrogens is 1. The summed E-state index contributed by atoms with van der Waals surface area (Å²) in [6.07, 6.45) is 2.31. The van der Waals surface area contributed by atoms with Crippen LogP contribution in [0.2, 0.25) is 0 Å². The normalized spacial score (nSPS) is 12.3. The van der Waals surface area contributed by atoms with Crippen molar-refractivity contribution in [3.05, 3.63) is 24.4 Å². The van der Waals surface area contributed by atoms with E-state index in [1.165, 1.54) is 11.8 Å². The molecular formula is C11H16N2O2S. The molecular weight excluding hydrogens is 224 g/mol. The van der Waals surface area contributed by atoms with Crippen LogP contribution in [0.4, 0.5) is 0 Å². The van der Waals surface area contributed by atoms with Gasteiger partial charge in [-0.1, -0.05) is 17.8 Å². The maximum Gasteiger partial charge on any atom is 0.231 e. The van der Waals surface area contributed by atoms with E-state index in [4.69, 9.17) is 10.5 Å². The molecule has 5 heteroatoms. The van der Waals surface area contributed by atoms with Gasteiger partial charge in [0.1, 0.15) is 0 Å². The first-order chi connectivity index (χ1) is 7.74. The van der Waals surface area contributed by atoms with E-state index in [9.17, 15) is 4.79 Å². The minimum absolute atomic E-state index is 0.276. The van der Waals surface area contributed by atoms with Gasteiger partial charge < -0.3 is 10.5 Å². The van der Waals surface area contributed by atoms with Crippen LogP contribution in [0.15, 0.2) is 29.4 Å². The van der Waals surface area contributed by atoms with E-state index in [1.807, 2.05) is 25.1 Å². The first-order valence-corrected chi connectivity index (χ1v) is 6.06. The molecule has 1 unspecified atom stereocenters. The van der Waals surface area contributed by atoms with Crippen LogP contribution in [0.25, 0.3) is 0 Å². The van der Waals surface area contributed by atoms with Crippen LogP contribution < -0.4 is 5.73 Å². The number of primary amides is 1. The van der Waals surface area contributed by atoms with Gasteiger partial charge in [0, 0.05) is 19.4 Å². The smallest absolute Gasteiger partial charge is 0.231 e. The predicted molar refractivity (Wildman–Crippen MR) is 64.2 cm³/mol. The zero-order valence-corrected chi connectivity index (χ0v) is 10.1. The molecule has 1 heterocycles. The third kappa shape index (κ3) is 4.63. The number of hydrogen-bond acceptors (Lipinski definition) is 4. The summed E-state index contributed by atoms with van der Waals surface area (Å²) in [4.78, 5) is 15.4. The van der Waals surface area contributed by atoms with Gasteiger partial charge in [0.25, 0.3) is 0 Å². The summed E-state index contributed by atoms with van der Waals surface area (Å²) < 4.78 is 5.21. The van der Waals surface area contributed by atoms with Crippen molar-refractivity contribution in [1.82, 2.24) is 4.98 Å². The molecule has 0 fully saturated rings. The Morgan fingerprint density at radius 2 is 2.44 bits per heavy atom. The number of hydrogen-bond donors (Lipinski definition) is 1. The maximum absolute atomic E-state index is 11.2. The highest BCUT2D eigenvalue weighted by atomic mass is 32.2. The second-order valence-electron chi connectivity index (χ2n) is 3.16. The number of carbonyl (C=O) groups excluding carboxylic acids is 1. The topological polar surface area (TPSA) is 65.2 Å². The fraction of sp³-hybridized carbons (Fsp3) is 0.455. The number of ether oxygens (including phenoxy) is 1. The lowest BCUT2D eigenvalue weighted by Crippen LogP contribution is -2.27. The highest BCUT2D eigenvalue weighted by Gasteiger charge is 2.17. The van der Waals surface area contributed by atoms with E-state index < -0.39 is 0 Å². The molecule has 0 bridgehead atoms. The van der Waals surface area contributed by atoms with Gasteiger partial charge >= 0.3 is 0 Å². The molecule has 0 aliphatic heterocycles. The van der Waals surface area contributed by atoms with Gasteiger partial charge in [-0.3, -0.25) is 4.79 Å². The molecule has 88 valence electrons. The van der Waals surface area contributed by atoms with E-state index in [0.29, 0.717) is 19.6 Å². The average Bonchev–Trinajstić information content (AvgIpc) is 2.29.